The normalized spacial score (nSPS) is 12.6. The van der Waals surface area contributed by atoms with Crippen molar-refractivity contribution in [1.82, 2.24) is 5.32 Å². The van der Waals surface area contributed by atoms with E-state index in [-0.39, 0.29) is 23.4 Å². The number of nitro groups is 1. The molecular formula is C17H25IN2O5. The van der Waals surface area contributed by atoms with Gasteiger partial charge in [0.1, 0.15) is 5.60 Å². The molecule has 1 aromatic carbocycles. The Kier molecular flexibility index (Phi) is 7.45. The van der Waals surface area contributed by atoms with E-state index in [1.165, 1.54) is 13.2 Å². The number of carbonyl (C=O) groups is 1. The van der Waals surface area contributed by atoms with Crippen molar-refractivity contribution >= 4 is 34.4 Å². The number of hydrogen-bond donors (Lipinski definition) is 1. The van der Waals surface area contributed by atoms with Crippen LogP contribution >= 0.6 is 22.6 Å². The van der Waals surface area contributed by atoms with Crippen molar-refractivity contribution in [2.45, 2.75) is 52.7 Å². The summed E-state index contributed by atoms with van der Waals surface area (Å²) in [7, 11) is 1.41. The van der Waals surface area contributed by atoms with Gasteiger partial charge in [0.2, 0.25) is 5.75 Å². The molecule has 7 nitrogen and oxygen atoms in total. The first kappa shape index (κ1) is 21.5. The lowest BCUT2D eigenvalue weighted by molar-refractivity contribution is -0.385. The van der Waals surface area contributed by atoms with E-state index in [4.69, 9.17) is 9.47 Å². The predicted molar refractivity (Wildman–Crippen MR) is 104 cm³/mol. The fourth-order valence-corrected chi connectivity index (χ4v) is 3.15. The molecule has 0 saturated heterocycles. The number of methoxy groups -OCH3 is 1. The Balaban J connectivity index is 3.03. The zero-order valence-electron chi connectivity index (χ0n) is 15.4. The van der Waals surface area contributed by atoms with Gasteiger partial charge in [-0.05, 0) is 67.3 Å². The lowest BCUT2D eigenvalue weighted by Gasteiger charge is -2.26. The van der Waals surface area contributed by atoms with Gasteiger partial charge in [-0.15, -0.1) is 0 Å². The van der Waals surface area contributed by atoms with E-state index in [2.05, 4.69) is 5.32 Å². The van der Waals surface area contributed by atoms with Gasteiger partial charge in [0.25, 0.3) is 0 Å². The second-order valence-electron chi connectivity index (χ2n) is 7.09. The number of benzene rings is 1. The van der Waals surface area contributed by atoms with Crippen molar-refractivity contribution in [3.63, 3.8) is 0 Å². The molecule has 0 saturated carbocycles. The molecule has 0 fully saturated rings. The first-order valence-corrected chi connectivity index (χ1v) is 9.02. The number of hydrogen-bond acceptors (Lipinski definition) is 5. The molecular weight excluding hydrogens is 439 g/mol. The Morgan fingerprint density at radius 1 is 1.36 bits per heavy atom. The summed E-state index contributed by atoms with van der Waals surface area (Å²) in [6, 6.07) is 3.12. The fraction of sp³-hybridized carbons (Fsp3) is 0.588. The maximum atomic E-state index is 12.0. The first-order valence-electron chi connectivity index (χ1n) is 7.95. The maximum Gasteiger partial charge on any atom is 0.407 e. The number of nitrogens with one attached hydrogen (secondary N) is 1. The van der Waals surface area contributed by atoms with E-state index in [0.717, 1.165) is 5.56 Å². The van der Waals surface area contributed by atoms with Crippen molar-refractivity contribution in [3.05, 3.63) is 31.4 Å². The molecule has 25 heavy (non-hydrogen) atoms. The standard InChI is InChI=1S/C17H25IN2O5/c1-10(2)13(19-16(21)25-17(3,4)5)8-11-7-12(18)15(24-6)14(9-11)20(22)23/h7,9-10,13H,8H2,1-6H3,(H,19,21)/t13-/m0/s1. The fourth-order valence-electron chi connectivity index (χ4n) is 2.26. The number of carbonyl (C=O) groups excluding carboxylic acids is 1. The number of rotatable bonds is 6. The number of halogens is 1. The van der Waals surface area contributed by atoms with Crippen molar-refractivity contribution in [1.29, 1.82) is 0 Å². The highest BCUT2D eigenvalue weighted by atomic mass is 127. The van der Waals surface area contributed by atoms with Crippen molar-refractivity contribution in [2.75, 3.05) is 7.11 Å². The number of ether oxygens (including phenoxy) is 2. The van der Waals surface area contributed by atoms with Gasteiger partial charge in [0.15, 0.2) is 0 Å². The van der Waals surface area contributed by atoms with Crippen LogP contribution in [-0.4, -0.2) is 29.8 Å². The predicted octanol–water partition coefficient (Wildman–Crippen LogP) is 4.30. The van der Waals surface area contributed by atoms with Gasteiger partial charge in [0, 0.05) is 12.1 Å². The molecule has 1 aromatic rings. The molecule has 1 atom stereocenters. The molecule has 0 aromatic heterocycles. The summed E-state index contributed by atoms with van der Waals surface area (Å²) in [5, 5.41) is 14.1. The molecule has 0 radical (unpaired) electrons. The summed E-state index contributed by atoms with van der Waals surface area (Å²) >= 11 is 2.01. The molecule has 0 spiro atoms. The molecule has 0 aliphatic heterocycles. The monoisotopic (exact) mass is 464 g/mol. The summed E-state index contributed by atoms with van der Waals surface area (Å²) in [4.78, 5) is 22.9. The van der Waals surface area contributed by atoms with E-state index in [9.17, 15) is 14.9 Å². The number of alkyl carbamates (subject to hydrolysis) is 1. The average Bonchev–Trinajstić information content (AvgIpc) is 2.43. The Bertz CT molecular complexity index is 641. The van der Waals surface area contributed by atoms with E-state index >= 15 is 0 Å². The minimum atomic E-state index is -0.583. The van der Waals surface area contributed by atoms with Crippen LogP contribution in [-0.2, 0) is 11.2 Å². The van der Waals surface area contributed by atoms with Crippen molar-refractivity contribution in [3.8, 4) is 5.75 Å². The minimum absolute atomic E-state index is 0.0795. The third kappa shape index (κ3) is 6.68. The highest BCUT2D eigenvalue weighted by Crippen LogP contribution is 2.34. The van der Waals surface area contributed by atoms with Crippen LogP contribution in [0.3, 0.4) is 0 Å². The second kappa shape index (κ2) is 8.68. The Morgan fingerprint density at radius 2 is 1.96 bits per heavy atom. The quantitative estimate of drug-likeness (QED) is 0.385. The van der Waals surface area contributed by atoms with Crippen LogP contribution in [0, 0.1) is 19.6 Å². The van der Waals surface area contributed by atoms with Crippen LogP contribution in [0.25, 0.3) is 0 Å². The molecule has 0 aliphatic carbocycles. The SMILES string of the molecule is COc1c(I)cc(C[C@H](NC(=O)OC(C)(C)C)C(C)C)cc1[N+](=O)[O-]. The van der Waals surface area contributed by atoms with Gasteiger partial charge in [0.05, 0.1) is 15.6 Å². The molecule has 0 aliphatic rings. The Morgan fingerprint density at radius 3 is 2.40 bits per heavy atom. The van der Waals surface area contributed by atoms with Gasteiger partial charge in [-0.3, -0.25) is 10.1 Å². The smallest absolute Gasteiger partial charge is 0.407 e. The molecule has 0 heterocycles. The maximum absolute atomic E-state index is 12.0. The van der Waals surface area contributed by atoms with Crippen LogP contribution in [0.2, 0.25) is 0 Å². The molecule has 1 amide bonds. The first-order chi connectivity index (χ1) is 11.4. The topological polar surface area (TPSA) is 90.7 Å². The van der Waals surface area contributed by atoms with Crippen molar-refractivity contribution < 1.29 is 19.2 Å². The van der Waals surface area contributed by atoms with Crippen LogP contribution in [0.5, 0.6) is 5.75 Å². The Labute approximate surface area is 161 Å². The number of amides is 1. The van der Waals surface area contributed by atoms with Crippen LogP contribution in [0.1, 0.15) is 40.2 Å². The van der Waals surface area contributed by atoms with E-state index in [0.29, 0.717) is 9.99 Å². The summed E-state index contributed by atoms with van der Waals surface area (Å²) in [5.41, 5.74) is 0.0933. The molecule has 8 heteroatoms. The van der Waals surface area contributed by atoms with E-state index < -0.39 is 16.6 Å². The zero-order valence-corrected chi connectivity index (χ0v) is 17.5. The lowest BCUT2D eigenvalue weighted by Crippen LogP contribution is -2.43. The van der Waals surface area contributed by atoms with Gasteiger partial charge in [-0.2, -0.15) is 0 Å². The molecule has 1 rings (SSSR count). The minimum Gasteiger partial charge on any atom is -0.489 e. The molecule has 140 valence electrons. The lowest BCUT2D eigenvalue weighted by atomic mass is 9.96. The third-order valence-corrected chi connectivity index (χ3v) is 4.25. The van der Waals surface area contributed by atoms with Crippen LogP contribution < -0.4 is 10.1 Å². The summed E-state index contributed by atoms with van der Waals surface area (Å²) in [5.74, 6) is 0.377. The van der Waals surface area contributed by atoms with E-state index in [1.54, 1.807) is 20.8 Å². The van der Waals surface area contributed by atoms with Crippen molar-refractivity contribution in [2.24, 2.45) is 5.92 Å². The van der Waals surface area contributed by atoms with Gasteiger partial charge < -0.3 is 14.8 Å². The van der Waals surface area contributed by atoms with Gasteiger partial charge >= 0.3 is 11.8 Å². The number of nitrogens with zero attached hydrogens (tertiary/aromatic N) is 1. The summed E-state index contributed by atoms with van der Waals surface area (Å²) in [6.07, 6.45) is -0.0403. The largest absolute Gasteiger partial charge is 0.489 e. The average molecular weight is 464 g/mol. The van der Waals surface area contributed by atoms with Gasteiger partial charge in [-0.25, -0.2) is 4.79 Å². The van der Waals surface area contributed by atoms with Crippen LogP contribution in [0.15, 0.2) is 12.1 Å². The van der Waals surface area contributed by atoms with E-state index in [1.807, 2.05) is 42.5 Å². The summed E-state index contributed by atoms with van der Waals surface area (Å²) < 4.78 is 11.1. The second-order valence-corrected chi connectivity index (χ2v) is 8.25. The highest BCUT2D eigenvalue weighted by molar-refractivity contribution is 14.1. The van der Waals surface area contributed by atoms with Crippen LogP contribution in [0.4, 0.5) is 10.5 Å². The molecule has 0 unspecified atom stereocenters. The summed E-state index contributed by atoms with van der Waals surface area (Å²) in [6.45, 7) is 9.35. The zero-order chi connectivity index (χ0) is 19.4. The third-order valence-electron chi connectivity index (χ3n) is 3.45. The molecule has 0 bridgehead atoms. The number of nitro benzene ring substituents is 1. The Hall–Kier alpha value is -1.58. The molecule has 1 N–H and O–H groups in total. The highest BCUT2D eigenvalue weighted by Gasteiger charge is 2.24. The van der Waals surface area contributed by atoms with Gasteiger partial charge in [-0.1, -0.05) is 13.8 Å².